The van der Waals surface area contributed by atoms with Gasteiger partial charge in [-0.3, -0.25) is 0 Å². The lowest BCUT2D eigenvalue weighted by atomic mass is 10.2. The van der Waals surface area contributed by atoms with E-state index in [4.69, 9.17) is 11.6 Å². The van der Waals surface area contributed by atoms with E-state index in [-0.39, 0.29) is 10.2 Å². The zero-order valence-corrected chi connectivity index (χ0v) is 10.6. The molecule has 1 unspecified atom stereocenters. The Morgan fingerprint density at radius 2 is 1.89 bits per heavy atom. The van der Waals surface area contributed by atoms with Crippen LogP contribution in [0.5, 0.6) is 0 Å². The molecule has 0 amide bonds. The van der Waals surface area contributed by atoms with Crippen LogP contribution in [0.3, 0.4) is 0 Å². The van der Waals surface area contributed by atoms with Gasteiger partial charge >= 0.3 is 6.18 Å². The van der Waals surface area contributed by atoms with Crippen LogP contribution in [0.25, 0.3) is 0 Å². The third-order valence-electron chi connectivity index (χ3n) is 1.80. The van der Waals surface area contributed by atoms with Crippen LogP contribution in [0.2, 0.25) is 5.28 Å². The van der Waals surface area contributed by atoms with E-state index in [1.807, 2.05) is 4.72 Å². The standard InChI is InChI=1S/C8H9ClF3N3O2S/c1-5(2-8(10,11)12)15-18(16,17)6-3-13-7(9)14-4-6/h3-5,15H,2H2,1H3. The summed E-state index contributed by atoms with van der Waals surface area (Å²) in [5.74, 6) is 0. The van der Waals surface area contributed by atoms with E-state index in [1.165, 1.54) is 0 Å². The van der Waals surface area contributed by atoms with E-state index in [2.05, 4.69) is 9.97 Å². The largest absolute Gasteiger partial charge is 0.390 e. The van der Waals surface area contributed by atoms with E-state index < -0.39 is 28.7 Å². The Kier molecular flexibility index (Phi) is 4.51. The van der Waals surface area contributed by atoms with Crippen LogP contribution < -0.4 is 4.72 Å². The lowest BCUT2D eigenvalue weighted by Crippen LogP contribution is -2.36. The lowest BCUT2D eigenvalue weighted by molar-refractivity contribution is -0.137. The summed E-state index contributed by atoms with van der Waals surface area (Å²) in [5.41, 5.74) is 0. The molecule has 10 heteroatoms. The SMILES string of the molecule is CC(CC(F)(F)F)NS(=O)(=O)c1cnc(Cl)nc1. The first-order valence-electron chi connectivity index (χ1n) is 4.67. The second-order valence-corrected chi connectivity index (χ2v) is 5.58. The zero-order valence-electron chi connectivity index (χ0n) is 9.07. The summed E-state index contributed by atoms with van der Waals surface area (Å²) in [5, 5.41) is -0.155. The molecule has 0 aliphatic heterocycles. The Morgan fingerprint density at radius 1 is 1.39 bits per heavy atom. The Hall–Kier alpha value is -0.930. The number of hydrogen-bond acceptors (Lipinski definition) is 4. The van der Waals surface area contributed by atoms with E-state index >= 15 is 0 Å². The second kappa shape index (κ2) is 5.37. The van der Waals surface area contributed by atoms with Crippen LogP contribution >= 0.6 is 11.6 Å². The number of nitrogens with one attached hydrogen (secondary N) is 1. The van der Waals surface area contributed by atoms with Crippen LogP contribution in [0.1, 0.15) is 13.3 Å². The van der Waals surface area contributed by atoms with Gasteiger partial charge in [-0.1, -0.05) is 0 Å². The summed E-state index contributed by atoms with van der Waals surface area (Å²) in [6, 6.07) is -1.29. The number of sulfonamides is 1. The topological polar surface area (TPSA) is 72.0 Å². The Balaban J connectivity index is 2.79. The van der Waals surface area contributed by atoms with Crippen molar-refractivity contribution in [2.45, 2.75) is 30.5 Å². The fourth-order valence-electron chi connectivity index (χ4n) is 1.16. The molecule has 0 aliphatic carbocycles. The van der Waals surface area contributed by atoms with Crippen molar-refractivity contribution in [2.75, 3.05) is 0 Å². The highest BCUT2D eigenvalue weighted by molar-refractivity contribution is 7.89. The first-order chi connectivity index (χ1) is 8.10. The monoisotopic (exact) mass is 303 g/mol. The Labute approximate surface area is 106 Å². The van der Waals surface area contributed by atoms with Crippen LogP contribution in [0.15, 0.2) is 17.3 Å². The predicted octanol–water partition coefficient (Wildman–Crippen LogP) is 1.75. The normalized spacial score (nSPS) is 14.5. The molecule has 0 radical (unpaired) electrons. The maximum atomic E-state index is 12.1. The van der Waals surface area contributed by atoms with Crippen molar-refractivity contribution in [3.05, 3.63) is 17.7 Å². The first-order valence-corrected chi connectivity index (χ1v) is 6.53. The van der Waals surface area contributed by atoms with Crippen molar-refractivity contribution in [1.82, 2.24) is 14.7 Å². The highest BCUT2D eigenvalue weighted by atomic mass is 35.5. The summed E-state index contributed by atoms with van der Waals surface area (Å²) >= 11 is 5.37. The fourth-order valence-corrected chi connectivity index (χ4v) is 2.39. The van der Waals surface area contributed by atoms with Gasteiger partial charge in [0.25, 0.3) is 0 Å². The maximum absolute atomic E-state index is 12.1. The minimum atomic E-state index is -4.45. The van der Waals surface area contributed by atoms with Crippen LogP contribution in [-0.2, 0) is 10.0 Å². The highest BCUT2D eigenvalue weighted by Crippen LogP contribution is 2.22. The van der Waals surface area contributed by atoms with Crippen LogP contribution in [0.4, 0.5) is 13.2 Å². The van der Waals surface area contributed by atoms with Crippen molar-refractivity contribution in [3.8, 4) is 0 Å². The van der Waals surface area contributed by atoms with E-state index in [0.717, 1.165) is 19.3 Å². The van der Waals surface area contributed by atoms with Gasteiger partial charge in [0, 0.05) is 6.04 Å². The molecule has 0 saturated heterocycles. The molecule has 1 heterocycles. The predicted molar refractivity (Wildman–Crippen MR) is 57.5 cm³/mol. The molecule has 1 rings (SSSR count). The minimum Gasteiger partial charge on any atom is -0.225 e. The van der Waals surface area contributed by atoms with Crippen LogP contribution in [-0.4, -0.2) is 30.6 Å². The van der Waals surface area contributed by atoms with Gasteiger partial charge in [0.2, 0.25) is 15.3 Å². The second-order valence-electron chi connectivity index (χ2n) is 3.53. The quantitative estimate of drug-likeness (QED) is 0.860. The molecule has 0 spiro atoms. The summed E-state index contributed by atoms with van der Waals surface area (Å²) in [6.45, 7) is 1.11. The molecule has 1 N–H and O–H groups in total. The number of aromatic nitrogens is 2. The average molecular weight is 304 g/mol. The number of hydrogen-bond donors (Lipinski definition) is 1. The van der Waals surface area contributed by atoms with Crippen molar-refractivity contribution < 1.29 is 21.6 Å². The van der Waals surface area contributed by atoms with Gasteiger partial charge < -0.3 is 0 Å². The van der Waals surface area contributed by atoms with E-state index in [0.29, 0.717) is 0 Å². The van der Waals surface area contributed by atoms with Gasteiger partial charge in [0.15, 0.2) is 0 Å². The van der Waals surface area contributed by atoms with Crippen LogP contribution in [0, 0.1) is 0 Å². The Morgan fingerprint density at radius 3 is 2.33 bits per heavy atom. The fraction of sp³-hybridized carbons (Fsp3) is 0.500. The highest BCUT2D eigenvalue weighted by Gasteiger charge is 2.32. The molecule has 0 aliphatic rings. The molecule has 0 saturated carbocycles. The van der Waals surface area contributed by atoms with Crippen molar-refractivity contribution in [2.24, 2.45) is 0 Å². The molecule has 5 nitrogen and oxygen atoms in total. The number of nitrogens with zero attached hydrogens (tertiary/aromatic N) is 2. The number of halogens is 4. The third-order valence-corrected chi connectivity index (χ3v) is 3.54. The summed E-state index contributed by atoms with van der Waals surface area (Å²) in [7, 11) is -4.08. The number of alkyl halides is 3. The summed E-state index contributed by atoms with van der Waals surface area (Å²) < 4.78 is 61.3. The average Bonchev–Trinajstić information content (AvgIpc) is 2.13. The zero-order chi connectivity index (χ0) is 14.0. The van der Waals surface area contributed by atoms with Gasteiger partial charge in [0.1, 0.15) is 4.90 Å². The number of rotatable bonds is 4. The molecule has 1 aromatic rings. The Bertz CT molecular complexity index is 503. The molecule has 0 bridgehead atoms. The molecule has 102 valence electrons. The molecular weight excluding hydrogens is 295 g/mol. The molecule has 0 aromatic carbocycles. The molecule has 1 aromatic heterocycles. The summed E-state index contributed by atoms with van der Waals surface area (Å²) in [6.07, 6.45) is -3.88. The maximum Gasteiger partial charge on any atom is 0.390 e. The lowest BCUT2D eigenvalue weighted by Gasteiger charge is -2.15. The van der Waals surface area contributed by atoms with Gasteiger partial charge in [-0.25, -0.2) is 23.1 Å². The third kappa shape index (κ3) is 4.75. The first kappa shape index (κ1) is 15.1. The van der Waals surface area contributed by atoms with Gasteiger partial charge in [-0.05, 0) is 18.5 Å². The van der Waals surface area contributed by atoms with Gasteiger partial charge in [0.05, 0.1) is 18.8 Å². The molecule has 1 atom stereocenters. The van der Waals surface area contributed by atoms with Gasteiger partial charge in [-0.15, -0.1) is 0 Å². The molecular formula is C8H9ClF3N3O2S. The summed E-state index contributed by atoms with van der Waals surface area (Å²) in [4.78, 5) is 6.53. The molecule has 0 fully saturated rings. The smallest absolute Gasteiger partial charge is 0.225 e. The van der Waals surface area contributed by atoms with Crippen molar-refractivity contribution >= 4 is 21.6 Å². The van der Waals surface area contributed by atoms with Crippen molar-refractivity contribution in [1.29, 1.82) is 0 Å². The van der Waals surface area contributed by atoms with E-state index in [9.17, 15) is 21.6 Å². The van der Waals surface area contributed by atoms with Gasteiger partial charge in [-0.2, -0.15) is 13.2 Å². The minimum absolute atomic E-state index is 0.155. The van der Waals surface area contributed by atoms with E-state index in [1.54, 1.807) is 0 Å². The van der Waals surface area contributed by atoms with Crippen molar-refractivity contribution in [3.63, 3.8) is 0 Å². The molecule has 18 heavy (non-hydrogen) atoms.